The molecule has 0 bridgehead atoms. The number of benzene rings is 3. The van der Waals surface area contributed by atoms with Gasteiger partial charge in [0.15, 0.2) is 0 Å². The summed E-state index contributed by atoms with van der Waals surface area (Å²) < 4.78 is 0. The van der Waals surface area contributed by atoms with Crippen LogP contribution in [0.5, 0.6) is 0 Å². The Morgan fingerprint density at radius 3 is 2.32 bits per heavy atom. The van der Waals surface area contributed by atoms with Crippen LogP contribution in [0.25, 0.3) is 21.5 Å². The summed E-state index contributed by atoms with van der Waals surface area (Å²) in [6.45, 7) is 1.96. The number of hydrazone groups is 1. The lowest BCUT2D eigenvalue weighted by Crippen LogP contribution is -2.27. The Kier molecular flexibility index (Phi) is 3.74. The lowest BCUT2D eigenvalue weighted by Gasteiger charge is -2.10. The molecule has 0 atom stereocenters. The Morgan fingerprint density at radius 2 is 1.59 bits per heavy atom. The first kappa shape index (κ1) is 14.1. The quantitative estimate of drug-likeness (QED) is 0.329. The molecule has 3 N–H and O–H groups in total. The second-order valence-corrected chi connectivity index (χ2v) is 5.11. The van der Waals surface area contributed by atoms with E-state index in [1.165, 1.54) is 21.5 Å². The Bertz CT molecular complexity index is 894. The van der Waals surface area contributed by atoms with E-state index in [1.807, 2.05) is 19.1 Å². The summed E-state index contributed by atoms with van der Waals surface area (Å²) in [5.41, 5.74) is 10.4. The zero-order valence-corrected chi connectivity index (χ0v) is 12.7. The maximum atomic E-state index is 5.63. The minimum absolute atomic E-state index is 0.296. The number of rotatable bonds is 2. The molecule has 0 saturated carbocycles. The summed E-state index contributed by atoms with van der Waals surface area (Å²) in [5.74, 6) is 0.296. The molecule has 0 spiro atoms. The summed E-state index contributed by atoms with van der Waals surface area (Å²) in [4.78, 5) is 3.84. The van der Waals surface area contributed by atoms with Gasteiger partial charge >= 0.3 is 0 Å². The number of guanidine groups is 1. The number of hydrogen-bond donors (Lipinski definition) is 2. The third-order valence-corrected chi connectivity index (χ3v) is 3.74. The summed E-state index contributed by atoms with van der Waals surface area (Å²) >= 11 is 0. The molecule has 110 valence electrons. The van der Waals surface area contributed by atoms with Crippen LogP contribution in [0.3, 0.4) is 0 Å². The van der Waals surface area contributed by atoms with Gasteiger partial charge in [0.25, 0.3) is 0 Å². The van der Waals surface area contributed by atoms with Gasteiger partial charge < -0.3 is 5.73 Å². The van der Waals surface area contributed by atoms with Gasteiger partial charge in [-0.2, -0.15) is 5.10 Å². The van der Waals surface area contributed by atoms with E-state index < -0.39 is 0 Å². The van der Waals surface area contributed by atoms with E-state index in [0.29, 0.717) is 5.96 Å². The van der Waals surface area contributed by atoms with Gasteiger partial charge in [-0.3, -0.25) is 4.99 Å². The van der Waals surface area contributed by atoms with E-state index >= 15 is 0 Å². The van der Waals surface area contributed by atoms with Crippen molar-refractivity contribution in [2.24, 2.45) is 15.8 Å². The molecule has 0 aliphatic rings. The van der Waals surface area contributed by atoms with E-state index in [1.54, 1.807) is 7.05 Å². The predicted octanol–water partition coefficient (Wildman–Crippen LogP) is 3.25. The molecule has 0 fully saturated rings. The predicted molar refractivity (Wildman–Crippen MR) is 94.3 cm³/mol. The Hall–Kier alpha value is -2.88. The fourth-order valence-electron chi connectivity index (χ4n) is 2.60. The first-order valence-electron chi connectivity index (χ1n) is 7.14. The summed E-state index contributed by atoms with van der Waals surface area (Å²) in [6.07, 6.45) is 0. The van der Waals surface area contributed by atoms with E-state index in [0.717, 1.165) is 11.3 Å². The minimum atomic E-state index is 0.296. The van der Waals surface area contributed by atoms with E-state index in [9.17, 15) is 0 Å². The number of aliphatic imine (C=N–C) groups is 1. The van der Waals surface area contributed by atoms with Crippen LogP contribution in [-0.2, 0) is 0 Å². The maximum absolute atomic E-state index is 5.63. The van der Waals surface area contributed by atoms with E-state index in [2.05, 4.69) is 58.0 Å². The molecule has 0 unspecified atom stereocenters. The van der Waals surface area contributed by atoms with Gasteiger partial charge in [-0.15, -0.1) is 0 Å². The number of hydrogen-bond acceptors (Lipinski definition) is 2. The zero-order valence-electron chi connectivity index (χ0n) is 12.7. The Morgan fingerprint density at radius 1 is 0.955 bits per heavy atom. The number of fused-ring (bicyclic) bond motifs is 3. The largest absolute Gasteiger partial charge is 0.369 e. The lowest BCUT2D eigenvalue weighted by molar-refractivity contribution is 0.998. The molecular weight excluding hydrogens is 272 g/mol. The first-order valence-corrected chi connectivity index (χ1v) is 7.14. The highest BCUT2D eigenvalue weighted by Gasteiger charge is 2.08. The summed E-state index contributed by atoms with van der Waals surface area (Å²) in [7, 11) is 1.62. The average molecular weight is 290 g/mol. The molecule has 0 aliphatic carbocycles. The molecule has 0 heterocycles. The van der Waals surface area contributed by atoms with Crippen LogP contribution in [0.15, 0.2) is 64.7 Å². The molecule has 22 heavy (non-hydrogen) atoms. The van der Waals surface area contributed by atoms with Gasteiger partial charge in [0, 0.05) is 12.6 Å². The number of nitrogens with one attached hydrogen (secondary N) is 1. The molecule has 0 aliphatic heterocycles. The van der Waals surface area contributed by atoms with E-state index in [4.69, 9.17) is 5.73 Å². The van der Waals surface area contributed by atoms with Gasteiger partial charge in [0.1, 0.15) is 0 Å². The van der Waals surface area contributed by atoms with Crippen molar-refractivity contribution in [1.29, 1.82) is 0 Å². The second-order valence-electron chi connectivity index (χ2n) is 5.11. The molecule has 0 saturated heterocycles. The highest BCUT2D eigenvalue weighted by atomic mass is 15.4. The normalized spacial score (nSPS) is 12.8. The fourth-order valence-corrected chi connectivity index (χ4v) is 2.60. The van der Waals surface area contributed by atoms with Crippen LogP contribution in [0.1, 0.15) is 12.5 Å². The van der Waals surface area contributed by atoms with E-state index in [-0.39, 0.29) is 0 Å². The van der Waals surface area contributed by atoms with Crippen molar-refractivity contribution in [3.63, 3.8) is 0 Å². The molecule has 4 nitrogen and oxygen atoms in total. The molecular formula is C18H18N4. The minimum Gasteiger partial charge on any atom is -0.369 e. The van der Waals surface area contributed by atoms with Gasteiger partial charge in [-0.1, -0.05) is 48.5 Å². The third-order valence-electron chi connectivity index (χ3n) is 3.74. The third kappa shape index (κ3) is 2.51. The number of nitrogens with two attached hydrogens (primary N) is 1. The van der Waals surface area contributed by atoms with Crippen LogP contribution in [-0.4, -0.2) is 18.7 Å². The SMILES string of the molecule is CN=C(N)N/N=C(/C)c1cc2ccccc2c2ccccc12. The molecule has 4 heteroatoms. The molecule has 3 aromatic rings. The van der Waals surface area contributed by atoms with Gasteiger partial charge in [-0.05, 0) is 34.5 Å². The van der Waals surface area contributed by atoms with Gasteiger partial charge in [0.05, 0.1) is 5.71 Å². The molecule has 0 radical (unpaired) electrons. The maximum Gasteiger partial charge on any atom is 0.209 e. The van der Waals surface area contributed by atoms with Crippen LogP contribution >= 0.6 is 0 Å². The molecule has 3 rings (SSSR count). The Balaban J connectivity index is 2.23. The first-order chi connectivity index (χ1) is 10.7. The van der Waals surface area contributed by atoms with Crippen LogP contribution in [0, 0.1) is 0 Å². The lowest BCUT2D eigenvalue weighted by atomic mass is 9.95. The van der Waals surface area contributed by atoms with Crippen LogP contribution in [0.2, 0.25) is 0 Å². The second kappa shape index (κ2) is 5.85. The van der Waals surface area contributed by atoms with Gasteiger partial charge in [-0.25, -0.2) is 5.43 Å². The van der Waals surface area contributed by atoms with Crippen molar-refractivity contribution < 1.29 is 0 Å². The van der Waals surface area contributed by atoms with Crippen LogP contribution in [0.4, 0.5) is 0 Å². The van der Waals surface area contributed by atoms with Crippen molar-refractivity contribution >= 4 is 33.2 Å². The highest BCUT2D eigenvalue weighted by molar-refractivity contribution is 6.18. The Labute approximate surface area is 129 Å². The summed E-state index contributed by atoms with van der Waals surface area (Å²) in [6, 6.07) is 18.9. The van der Waals surface area contributed by atoms with Crippen molar-refractivity contribution in [2.45, 2.75) is 6.92 Å². The highest BCUT2D eigenvalue weighted by Crippen LogP contribution is 2.28. The average Bonchev–Trinajstić information content (AvgIpc) is 2.58. The van der Waals surface area contributed by atoms with Crippen molar-refractivity contribution in [3.8, 4) is 0 Å². The standard InChI is InChI=1S/C18H18N4/c1-12(21-22-18(19)20-2)17-11-13-7-3-4-8-14(13)15-9-5-6-10-16(15)17/h3-11H,1-2H3,(H3,19,20,22)/b21-12-. The monoisotopic (exact) mass is 290 g/mol. The zero-order chi connectivity index (χ0) is 15.5. The topological polar surface area (TPSA) is 62.8 Å². The van der Waals surface area contributed by atoms with Crippen molar-refractivity contribution in [2.75, 3.05) is 7.05 Å². The number of nitrogens with zero attached hydrogens (tertiary/aromatic N) is 2. The summed E-state index contributed by atoms with van der Waals surface area (Å²) in [5, 5.41) is 9.18. The molecule has 3 aromatic carbocycles. The van der Waals surface area contributed by atoms with Gasteiger partial charge in [0.2, 0.25) is 5.96 Å². The fraction of sp³-hybridized carbons (Fsp3) is 0.111. The smallest absolute Gasteiger partial charge is 0.209 e. The van der Waals surface area contributed by atoms with Crippen molar-refractivity contribution in [3.05, 3.63) is 60.2 Å². The molecule has 0 aromatic heterocycles. The van der Waals surface area contributed by atoms with Crippen LogP contribution < -0.4 is 11.2 Å². The van der Waals surface area contributed by atoms with Crippen molar-refractivity contribution in [1.82, 2.24) is 5.43 Å². The molecule has 0 amide bonds.